The summed E-state index contributed by atoms with van der Waals surface area (Å²) in [7, 11) is 0. The van der Waals surface area contributed by atoms with Crippen molar-refractivity contribution >= 4 is 22.7 Å². The molecule has 7 rings (SSSR count). The van der Waals surface area contributed by atoms with Crippen LogP contribution in [-0.2, 0) is 0 Å². The molecule has 0 spiro atoms. The molecule has 0 N–H and O–H groups in total. The second-order valence-electron chi connectivity index (χ2n) is 12.8. The molecule has 0 saturated carbocycles. The van der Waals surface area contributed by atoms with Gasteiger partial charge in [-0.15, -0.1) is 0 Å². The van der Waals surface area contributed by atoms with Crippen molar-refractivity contribution < 1.29 is 17.6 Å². The van der Waals surface area contributed by atoms with Crippen LogP contribution in [0.15, 0.2) is 156 Å². The van der Waals surface area contributed by atoms with Crippen LogP contribution in [0.25, 0.3) is 22.3 Å². The van der Waals surface area contributed by atoms with E-state index in [2.05, 4.69) is 48.0 Å². The van der Waals surface area contributed by atoms with Crippen molar-refractivity contribution in [3.05, 3.63) is 179 Å². The Kier molecular flexibility index (Phi) is 9.27. The zero-order valence-corrected chi connectivity index (χ0v) is 27.9. The third-order valence-electron chi connectivity index (χ3n) is 9.37. The molecule has 0 unspecified atom stereocenters. The van der Waals surface area contributed by atoms with Crippen molar-refractivity contribution in [1.82, 2.24) is 0 Å². The molecule has 0 amide bonds. The van der Waals surface area contributed by atoms with Crippen molar-refractivity contribution in [1.29, 1.82) is 0 Å². The smallest absolute Gasteiger partial charge is 0.170 e. The second kappa shape index (κ2) is 14.1. The number of para-hydroxylation sites is 2. The molecule has 50 heavy (non-hydrogen) atoms. The monoisotopic (exact) mass is 668 g/mol. The summed E-state index contributed by atoms with van der Waals surface area (Å²) < 4.78 is 63.2. The highest BCUT2D eigenvalue weighted by Gasteiger charge is 2.28. The standard InChI is InChI=1S/C44H36F4N2/c1-29-13-21-35(22-14-29)49(33-9-5-3-6-10-33)37-25-17-31(18-26-37)39-41(45)43(47)40(44(48)42(39)46)32-19-27-38(28-20-32)50(34-11-7-4-8-12-34)36-23-15-30(2)16-24-36/h3-13,15,17-21,23,25-28H,14,16,22,24H2,1-2H3. The van der Waals surface area contributed by atoms with Gasteiger partial charge in [0.2, 0.25) is 0 Å². The molecule has 5 aromatic carbocycles. The van der Waals surface area contributed by atoms with Gasteiger partial charge in [-0.2, -0.15) is 0 Å². The Bertz CT molecular complexity index is 1960. The maximum Gasteiger partial charge on any atom is 0.170 e. The van der Waals surface area contributed by atoms with Crippen LogP contribution >= 0.6 is 0 Å². The van der Waals surface area contributed by atoms with Crippen molar-refractivity contribution in [3.8, 4) is 22.3 Å². The van der Waals surface area contributed by atoms with E-state index in [9.17, 15) is 0 Å². The molecule has 6 heteroatoms. The molecule has 0 radical (unpaired) electrons. The van der Waals surface area contributed by atoms with Crippen molar-refractivity contribution in [3.63, 3.8) is 0 Å². The largest absolute Gasteiger partial charge is 0.314 e. The van der Waals surface area contributed by atoms with E-state index in [1.807, 2.05) is 60.7 Å². The van der Waals surface area contributed by atoms with E-state index in [0.717, 1.165) is 59.8 Å². The Morgan fingerprint density at radius 2 is 0.700 bits per heavy atom. The summed E-state index contributed by atoms with van der Waals surface area (Å²) in [6.45, 7) is 4.18. The Hall–Kier alpha value is -5.62. The number of halogens is 4. The van der Waals surface area contributed by atoms with Crippen LogP contribution in [0.4, 0.5) is 40.3 Å². The van der Waals surface area contributed by atoms with Gasteiger partial charge in [-0.25, -0.2) is 17.6 Å². The van der Waals surface area contributed by atoms with Crippen LogP contribution in [0.2, 0.25) is 0 Å². The molecular formula is C44H36F4N2. The molecular weight excluding hydrogens is 632 g/mol. The number of rotatable bonds is 8. The fourth-order valence-electron chi connectivity index (χ4n) is 6.64. The van der Waals surface area contributed by atoms with Crippen molar-refractivity contribution in [2.45, 2.75) is 39.5 Å². The minimum Gasteiger partial charge on any atom is -0.314 e. The molecule has 250 valence electrons. The average Bonchev–Trinajstić information content (AvgIpc) is 3.15. The van der Waals surface area contributed by atoms with Crippen LogP contribution in [0.1, 0.15) is 39.5 Å². The van der Waals surface area contributed by atoms with E-state index in [1.165, 1.54) is 35.4 Å². The number of benzene rings is 5. The minimum absolute atomic E-state index is 0.0355. The molecule has 2 aliphatic rings. The lowest BCUT2D eigenvalue weighted by atomic mass is 9.96. The van der Waals surface area contributed by atoms with Gasteiger partial charge in [0, 0.05) is 34.1 Å². The Labute approximate surface area is 290 Å². The summed E-state index contributed by atoms with van der Waals surface area (Å²) >= 11 is 0. The number of hydrogen-bond donors (Lipinski definition) is 0. The maximum atomic E-state index is 15.8. The first kappa shape index (κ1) is 32.9. The summed E-state index contributed by atoms with van der Waals surface area (Å²) in [6, 6.07) is 32.4. The van der Waals surface area contributed by atoms with E-state index < -0.39 is 34.4 Å². The first-order chi connectivity index (χ1) is 24.3. The van der Waals surface area contributed by atoms with Gasteiger partial charge in [0.25, 0.3) is 0 Å². The van der Waals surface area contributed by atoms with E-state index in [-0.39, 0.29) is 11.1 Å². The molecule has 0 saturated heterocycles. The predicted octanol–water partition coefficient (Wildman–Crippen LogP) is 13.1. The summed E-state index contributed by atoms with van der Waals surface area (Å²) in [5.41, 5.74) is 6.67. The van der Waals surface area contributed by atoms with Gasteiger partial charge >= 0.3 is 0 Å². The average molecular weight is 669 g/mol. The zero-order valence-electron chi connectivity index (χ0n) is 27.9. The van der Waals surface area contributed by atoms with Crippen LogP contribution in [-0.4, -0.2) is 0 Å². The fourth-order valence-corrected chi connectivity index (χ4v) is 6.64. The normalized spacial score (nSPS) is 14.4. The van der Waals surface area contributed by atoms with E-state index in [1.54, 1.807) is 24.3 Å². The topological polar surface area (TPSA) is 6.48 Å². The third-order valence-corrected chi connectivity index (χ3v) is 9.37. The first-order valence-corrected chi connectivity index (χ1v) is 16.8. The maximum absolute atomic E-state index is 15.8. The lowest BCUT2D eigenvalue weighted by Gasteiger charge is -2.29. The quantitative estimate of drug-likeness (QED) is 0.120. The molecule has 0 fully saturated rings. The van der Waals surface area contributed by atoms with Crippen molar-refractivity contribution in [2.75, 3.05) is 9.80 Å². The van der Waals surface area contributed by atoms with Gasteiger partial charge in [-0.3, -0.25) is 0 Å². The highest BCUT2D eigenvalue weighted by molar-refractivity contribution is 5.78. The summed E-state index contributed by atoms with van der Waals surface area (Å²) in [5.74, 6) is -5.75. The molecule has 2 aliphatic carbocycles. The predicted molar refractivity (Wildman–Crippen MR) is 196 cm³/mol. The number of nitrogens with zero attached hydrogens (tertiary/aromatic N) is 2. The summed E-state index contributed by atoms with van der Waals surface area (Å²) in [5, 5.41) is 0. The number of anilines is 4. The third kappa shape index (κ3) is 6.41. The number of hydrogen-bond acceptors (Lipinski definition) is 2. The van der Waals surface area contributed by atoms with Gasteiger partial charge in [0.15, 0.2) is 23.3 Å². The van der Waals surface area contributed by atoms with Crippen LogP contribution in [0, 0.1) is 23.3 Å². The number of allylic oxidation sites excluding steroid dienone is 8. The fraction of sp³-hybridized carbons (Fsp3) is 0.136. The SMILES string of the molecule is CC1=CC=C(N(c2ccccc2)c2ccc(-c3c(F)c(F)c(-c4ccc(N(C5=CC=C(C)CC5)c5ccccc5)cc4)c(F)c3F)cc2)CC1. The highest BCUT2D eigenvalue weighted by Crippen LogP contribution is 2.41. The Morgan fingerprint density at radius 3 is 1.00 bits per heavy atom. The van der Waals surface area contributed by atoms with Crippen LogP contribution < -0.4 is 9.80 Å². The van der Waals surface area contributed by atoms with Gasteiger partial charge in [-0.1, -0.05) is 84.0 Å². The summed E-state index contributed by atoms with van der Waals surface area (Å²) in [6.07, 6.45) is 11.8. The molecule has 0 aliphatic heterocycles. The van der Waals surface area contributed by atoms with E-state index >= 15 is 17.6 Å². The van der Waals surface area contributed by atoms with Gasteiger partial charge < -0.3 is 9.80 Å². The zero-order chi connectivity index (χ0) is 34.8. The van der Waals surface area contributed by atoms with Gasteiger partial charge in [0.1, 0.15) is 0 Å². The van der Waals surface area contributed by atoms with Crippen LogP contribution in [0.5, 0.6) is 0 Å². The highest BCUT2D eigenvalue weighted by atomic mass is 19.2. The van der Waals surface area contributed by atoms with Gasteiger partial charge in [0.05, 0.1) is 11.1 Å². The molecule has 5 aromatic rings. The second-order valence-corrected chi connectivity index (χ2v) is 12.8. The first-order valence-electron chi connectivity index (χ1n) is 16.8. The Balaban J connectivity index is 1.22. The minimum atomic E-state index is -1.44. The molecule has 0 aromatic heterocycles. The van der Waals surface area contributed by atoms with Crippen LogP contribution in [0.3, 0.4) is 0 Å². The molecule has 0 bridgehead atoms. The lowest BCUT2D eigenvalue weighted by Crippen LogP contribution is -2.17. The van der Waals surface area contributed by atoms with Gasteiger partial charge in [-0.05, 0) is 111 Å². The molecule has 2 nitrogen and oxygen atoms in total. The Morgan fingerprint density at radius 1 is 0.380 bits per heavy atom. The summed E-state index contributed by atoms with van der Waals surface area (Å²) in [4.78, 5) is 4.16. The molecule has 0 heterocycles. The van der Waals surface area contributed by atoms with E-state index in [4.69, 9.17) is 0 Å². The van der Waals surface area contributed by atoms with E-state index in [0.29, 0.717) is 0 Å². The van der Waals surface area contributed by atoms with Crippen molar-refractivity contribution in [2.24, 2.45) is 0 Å². The lowest BCUT2D eigenvalue weighted by molar-refractivity contribution is 0.463. The molecule has 0 atom stereocenters.